The first kappa shape index (κ1) is 16.0. The first-order valence-electron chi connectivity index (χ1n) is 8.62. The molecule has 5 heteroatoms. The van der Waals surface area contributed by atoms with Crippen molar-refractivity contribution in [2.24, 2.45) is 0 Å². The highest BCUT2D eigenvalue weighted by Gasteiger charge is 2.32. The van der Waals surface area contributed by atoms with E-state index in [4.69, 9.17) is 9.47 Å². The van der Waals surface area contributed by atoms with Crippen LogP contribution in [-0.2, 0) is 11.3 Å². The molecule has 0 saturated carbocycles. The summed E-state index contributed by atoms with van der Waals surface area (Å²) in [6.07, 6.45) is 0. The molecule has 1 unspecified atom stereocenters. The number of benzene rings is 2. The third kappa shape index (κ3) is 3.07. The van der Waals surface area contributed by atoms with Crippen LogP contribution in [-0.4, -0.2) is 36.7 Å². The molecule has 0 bridgehead atoms. The van der Waals surface area contributed by atoms with E-state index in [9.17, 15) is 4.79 Å². The molecular weight excluding hydrogens is 316 g/mol. The van der Waals surface area contributed by atoms with Crippen LogP contribution in [0.2, 0.25) is 0 Å². The molecule has 1 fully saturated rings. The first-order chi connectivity index (χ1) is 12.1. The Bertz CT molecular complexity index is 805. The normalized spacial score (nSPS) is 20.2. The number of fused-ring (bicyclic) bond motifs is 1. The minimum Gasteiger partial charge on any atom is -0.454 e. The Morgan fingerprint density at radius 3 is 2.76 bits per heavy atom. The van der Waals surface area contributed by atoms with Crippen LogP contribution in [0.1, 0.15) is 18.1 Å². The molecule has 1 saturated heterocycles. The summed E-state index contributed by atoms with van der Waals surface area (Å²) in [6.45, 7) is 6.63. The van der Waals surface area contributed by atoms with Crippen molar-refractivity contribution in [1.82, 2.24) is 4.90 Å². The number of rotatable bonds is 3. The van der Waals surface area contributed by atoms with E-state index in [2.05, 4.69) is 36.1 Å². The Balaban J connectivity index is 1.49. The van der Waals surface area contributed by atoms with E-state index in [1.54, 1.807) is 0 Å². The molecule has 4 rings (SSSR count). The molecular formula is C20H22N2O3. The summed E-state index contributed by atoms with van der Waals surface area (Å²) < 4.78 is 10.8. The van der Waals surface area contributed by atoms with E-state index in [-0.39, 0.29) is 18.7 Å². The lowest BCUT2D eigenvalue weighted by atomic mass is 10.1. The molecule has 0 radical (unpaired) electrons. The monoisotopic (exact) mass is 338 g/mol. The zero-order valence-electron chi connectivity index (χ0n) is 14.6. The van der Waals surface area contributed by atoms with Gasteiger partial charge in [-0.05, 0) is 31.5 Å². The second-order valence-corrected chi connectivity index (χ2v) is 6.66. The fraction of sp³-hybridized carbons (Fsp3) is 0.350. The fourth-order valence-corrected chi connectivity index (χ4v) is 3.48. The molecule has 25 heavy (non-hydrogen) atoms. The predicted molar refractivity (Wildman–Crippen MR) is 96.0 cm³/mol. The van der Waals surface area contributed by atoms with E-state index in [0.29, 0.717) is 12.3 Å². The van der Waals surface area contributed by atoms with Gasteiger partial charge in [-0.15, -0.1) is 0 Å². The lowest BCUT2D eigenvalue weighted by Gasteiger charge is -2.39. The lowest BCUT2D eigenvalue weighted by Crippen LogP contribution is -2.55. The molecule has 0 aromatic heterocycles. The zero-order chi connectivity index (χ0) is 17.4. The Hall–Kier alpha value is -2.53. The summed E-state index contributed by atoms with van der Waals surface area (Å²) in [5.41, 5.74) is 3.36. The molecule has 5 nitrogen and oxygen atoms in total. The number of carbonyl (C=O) groups excluding carboxylic acids is 1. The van der Waals surface area contributed by atoms with Gasteiger partial charge < -0.3 is 14.4 Å². The van der Waals surface area contributed by atoms with E-state index in [1.807, 2.05) is 30.0 Å². The van der Waals surface area contributed by atoms with Crippen LogP contribution in [0.3, 0.4) is 0 Å². The summed E-state index contributed by atoms with van der Waals surface area (Å²) in [4.78, 5) is 17.0. The Kier molecular flexibility index (Phi) is 4.09. The van der Waals surface area contributed by atoms with Gasteiger partial charge in [-0.1, -0.05) is 29.8 Å². The van der Waals surface area contributed by atoms with Gasteiger partial charge in [0.1, 0.15) is 0 Å². The van der Waals surface area contributed by atoms with E-state index >= 15 is 0 Å². The molecule has 0 spiro atoms. The van der Waals surface area contributed by atoms with Crippen molar-refractivity contribution < 1.29 is 14.3 Å². The lowest BCUT2D eigenvalue weighted by molar-refractivity contribution is -0.125. The van der Waals surface area contributed by atoms with Crippen LogP contribution < -0.4 is 14.4 Å². The maximum atomic E-state index is 12.9. The van der Waals surface area contributed by atoms with Crippen LogP contribution in [0.4, 0.5) is 5.69 Å². The van der Waals surface area contributed by atoms with Crippen molar-refractivity contribution in [3.63, 3.8) is 0 Å². The van der Waals surface area contributed by atoms with E-state index < -0.39 is 0 Å². The molecule has 1 atom stereocenters. The highest BCUT2D eigenvalue weighted by atomic mass is 16.7. The Morgan fingerprint density at radius 2 is 1.92 bits per heavy atom. The molecule has 2 aromatic carbocycles. The summed E-state index contributed by atoms with van der Waals surface area (Å²) in [5, 5.41) is 0. The largest absolute Gasteiger partial charge is 0.454 e. The summed E-state index contributed by atoms with van der Waals surface area (Å²) in [5.74, 6) is 1.57. The molecule has 2 aliphatic heterocycles. The van der Waals surface area contributed by atoms with Crippen molar-refractivity contribution in [1.29, 1.82) is 0 Å². The topological polar surface area (TPSA) is 42.0 Å². The number of hydrogen-bond donors (Lipinski definition) is 0. The van der Waals surface area contributed by atoms with Gasteiger partial charge in [0, 0.05) is 31.4 Å². The fourth-order valence-electron chi connectivity index (χ4n) is 3.48. The van der Waals surface area contributed by atoms with E-state index in [0.717, 1.165) is 24.5 Å². The van der Waals surface area contributed by atoms with Crippen molar-refractivity contribution in [3.05, 3.63) is 53.6 Å². The highest BCUT2D eigenvalue weighted by Crippen LogP contribution is 2.36. The van der Waals surface area contributed by atoms with Gasteiger partial charge in [-0.25, -0.2) is 0 Å². The van der Waals surface area contributed by atoms with Crippen molar-refractivity contribution >= 4 is 11.6 Å². The number of anilines is 1. The maximum Gasteiger partial charge on any atom is 0.244 e. The number of carbonyl (C=O) groups is 1. The number of hydrogen-bond acceptors (Lipinski definition) is 4. The molecule has 130 valence electrons. The van der Waals surface area contributed by atoms with Crippen LogP contribution in [0.25, 0.3) is 0 Å². The highest BCUT2D eigenvalue weighted by molar-refractivity contribution is 5.98. The number of nitrogens with zero attached hydrogens (tertiary/aromatic N) is 2. The second-order valence-electron chi connectivity index (χ2n) is 6.66. The zero-order valence-corrected chi connectivity index (χ0v) is 14.6. The van der Waals surface area contributed by atoms with Crippen molar-refractivity contribution in [2.75, 3.05) is 24.8 Å². The van der Waals surface area contributed by atoms with Gasteiger partial charge in [-0.2, -0.15) is 0 Å². The average Bonchev–Trinajstić information content (AvgIpc) is 3.07. The third-order valence-corrected chi connectivity index (χ3v) is 4.92. The Morgan fingerprint density at radius 1 is 1.08 bits per heavy atom. The molecule has 1 amide bonds. The SMILES string of the molecule is Cc1cccc(CN2CCN(c3ccc4c(c3)OCO4)C(=O)C2C)c1. The van der Waals surface area contributed by atoms with Gasteiger partial charge in [0.25, 0.3) is 0 Å². The van der Waals surface area contributed by atoms with Gasteiger partial charge in [0.15, 0.2) is 11.5 Å². The van der Waals surface area contributed by atoms with E-state index in [1.165, 1.54) is 11.1 Å². The molecule has 2 aromatic rings. The number of piperazine rings is 1. The second kappa shape index (κ2) is 6.41. The number of ether oxygens (including phenoxy) is 2. The maximum absolute atomic E-state index is 12.9. The molecule has 2 heterocycles. The molecule has 0 N–H and O–H groups in total. The summed E-state index contributed by atoms with van der Waals surface area (Å²) in [7, 11) is 0. The predicted octanol–water partition coefficient (Wildman–Crippen LogP) is 2.96. The van der Waals surface area contributed by atoms with Crippen LogP contribution >= 0.6 is 0 Å². The summed E-state index contributed by atoms with van der Waals surface area (Å²) >= 11 is 0. The molecule has 2 aliphatic rings. The van der Waals surface area contributed by atoms with Gasteiger partial charge in [0.05, 0.1) is 6.04 Å². The van der Waals surface area contributed by atoms with Gasteiger partial charge in [0.2, 0.25) is 12.7 Å². The van der Waals surface area contributed by atoms with Crippen LogP contribution in [0.15, 0.2) is 42.5 Å². The van der Waals surface area contributed by atoms with Crippen LogP contribution in [0.5, 0.6) is 11.5 Å². The van der Waals surface area contributed by atoms with Crippen LogP contribution in [0, 0.1) is 6.92 Å². The Labute approximate surface area is 147 Å². The van der Waals surface area contributed by atoms with Gasteiger partial charge in [-0.3, -0.25) is 9.69 Å². The average molecular weight is 338 g/mol. The third-order valence-electron chi connectivity index (χ3n) is 4.92. The number of amides is 1. The van der Waals surface area contributed by atoms with Crippen molar-refractivity contribution in [2.45, 2.75) is 26.4 Å². The first-order valence-corrected chi connectivity index (χ1v) is 8.62. The minimum atomic E-state index is -0.153. The molecule has 0 aliphatic carbocycles. The van der Waals surface area contributed by atoms with Gasteiger partial charge >= 0.3 is 0 Å². The van der Waals surface area contributed by atoms with Crippen molar-refractivity contribution in [3.8, 4) is 11.5 Å². The summed E-state index contributed by atoms with van der Waals surface area (Å²) in [6, 6.07) is 14.0. The quantitative estimate of drug-likeness (QED) is 0.863. The number of aryl methyl sites for hydroxylation is 1. The standard InChI is InChI=1S/C20H22N2O3/c1-14-4-3-5-16(10-14)12-21-8-9-22(20(23)15(21)2)17-6-7-18-19(11-17)25-13-24-18/h3-7,10-11,15H,8-9,12-13H2,1-2H3. The minimum absolute atomic E-state index is 0.123. The smallest absolute Gasteiger partial charge is 0.244 e.